The Morgan fingerprint density at radius 3 is 0.348 bits per heavy atom. The largest absolute Gasteiger partial charge is 3.00 e. The number of sulfonamides is 6. The van der Waals surface area contributed by atoms with Gasteiger partial charge in [-0.2, -0.15) is 79.0 Å². The van der Waals surface area contributed by atoms with Crippen LogP contribution in [0.2, 0.25) is 0 Å². The first-order valence-electron chi connectivity index (χ1n) is 7.72. The molecule has 0 aliphatic carbocycles. The molecule has 0 fully saturated rings. The fourth-order valence-electron chi connectivity index (χ4n) is 0.641. The Bertz CT molecular complexity index is 1370. The van der Waals surface area contributed by atoms with E-state index < -0.39 is 93.2 Å². The molecule has 0 saturated carbocycles. The Labute approximate surface area is 251 Å². The summed E-state index contributed by atoms with van der Waals surface area (Å²) in [5, 5.41) is 0. The third-order valence-electron chi connectivity index (χ3n) is 2.34. The van der Waals surface area contributed by atoms with Crippen molar-refractivity contribution >= 4 is 60.1 Å². The van der Waals surface area contributed by atoms with Crippen molar-refractivity contribution in [2.45, 2.75) is 33.0 Å². The maximum atomic E-state index is 11.4. The van der Waals surface area contributed by atoms with Gasteiger partial charge in [-0.15, -0.1) is 0 Å². The van der Waals surface area contributed by atoms with Crippen molar-refractivity contribution < 1.29 is 147 Å². The summed E-state index contributed by atoms with van der Waals surface area (Å²) in [6, 6.07) is 0. The van der Waals surface area contributed by atoms with Crippen LogP contribution >= 0.6 is 0 Å². The van der Waals surface area contributed by atoms with Crippen molar-refractivity contribution in [1.82, 2.24) is 0 Å². The molecule has 0 spiro atoms. The van der Waals surface area contributed by atoms with Gasteiger partial charge in [0.2, 0.25) is 0 Å². The molecular weight excluding hydrogens is 896 g/mol. The van der Waals surface area contributed by atoms with Crippen LogP contribution in [0.15, 0.2) is 0 Å². The van der Waals surface area contributed by atoms with Crippen LogP contribution in [-0.4, -0.2) is 83.6 Å². The summed E-state index contributed by atoms with van der Waals surface area (Å²) in [6.07, 6.45) is 0. The molecule has 15 nitrogen and oxygen atoms in total. The Hall–Kier alpha value is -1.16. The molecule has 0 atom stereocenters. The van der Waals surface area contributed by atoms with E-state index in [1.54, 1.807) is 0 Å². The number of nitrogens with zero attached hydrogens (tertiary/aromatic N) is 3. The molecule has 0 rings (SSSR count). The summed E-state index contributed by atoms with van der Waals surface area (Å²) in [4.78, 5) is 0. The van der Waals surface area contributed by atoms with E-state index in [9.17, 15) is 130 Å². The molecular formula is C6F18FeN3O12S6. The van der Waals surface area contributed by atoms with Gasteiger partial charge in [0.15, 0.2) is 60.1 Å². The molecule has 0 N–H and O–H groups in total. The van der Waals surface area contributed by atoms with Crippen LogP contribution in [-0.2, 0) is 77.2 Å². The van der Waals surface area contributed by atoms with Gasteiger partial charge in [0, 0.05) is 0 Å². The first kappa shape index (κ1) is 51.7. The smallest absolute Gasteiger partial charge is 0.421 e. The predicted molar refractivity (Wildman–Crippen MR) is 99.9 cm³/mol. The van der Waals surface area contributed by atoms with Crippen molar-refractivity contribution in [3.05, 3.63) is 12.4 Å². The van der Waals surface area contributed by atoms with E-state index >= 15 is 0 Å². The molecule has 0 aromatic carbocycles. The first-order valence-corrected chi connectivity index (χ1v) is 16.4. The first-order chi connectivity index (χ1) is 18.6. The van der Waals surface area contributed by atoms with Crippen LogP contribution in [0.5, 0.6) is 0 Å². The van der Waals surface area contributed by atoms with Gasteiger partial charge in [-0.3, -0.25) is 0 Å². The zero-order valence-electron chi connectivity index (χ0n) is 18.8. The zero-order valence-corrected chi connectivity index (χ0v) is 24.9. The SMILES string of the molecule is O=S(=O)([N-]S(=O)(=O)C(F)(F)F)C(F)(F)F.O=S(=O)([N-]S(=O)(=O)C(F)(F)F)C(F)(F)F.O=S(=O)([N-]S(=O)(=O)C(F)(F)F)C(F)(F)F.[Fe+3]. The van der Waals surface area contributed by atoms with Crippen molar-refractivity contribution in [1.29, 1.82) is 0 Å². The Morgan fingerprint density at radius 2 is 0.304 bits per heavy atom. The average molecular weight is 896 g/mol. The fourth-order valence-corrected chi connectivity index (χ4v) is 5.77. The van der Waals surface area contributed by atoms with Gasteiger partial charge in [-0.05, 0) is 0 Å². The van der Waals surface area contributed by atoms with Crippen molar-refractivity contribution in [2.24, 2.45) is 0 Å². The van der Waals surface area contributed by atoms with Gasteiger partial charge in [0.25, 0.3) is 0 Å². The molecule has 40 heteroatoms. The third-order valence-corrected chi connectivity index (χ3v) is 10.6. The third kappa shape index (κ3) is 14.9. The van der Waals surface area contributed by atoms with E-state index in [-0.39, 0.29) is 17.1 Å². The summed E-state index contributed by atoms with van der Waals surface area (Å²) < 4.78 is 328. The zero-order chi connectivity index (χ0) is 38.1. The molecule has 0 bridgehead atoms. The van der Waals surface area contributed by atoms with E-state index in [4.69, 9.17) is 0 Å². The average Bonchev–Trinajstić information content (AvgIpc) is 2.61. The van der Waals surface area contributed by atoms with Crippen LogP contribution < -0.4 is 0 Å². The number of alkyl halides is 18. The molecule has 0 unspecified atom stereocenters. The molecule has 0 aliphatic heterocycles. The second-order valence-corrected chi connectivity index (χ2v) is 16.0. The fraction of sp³-hybridized carbons (Fsp3) is 1.00. The molecule has 0 aliphatic rings. The maximum Gasteiger partial charge on any atom is 3.00 e. The summed E-state index contributed by atoms with van der Waals surface area (Å²) in [5.41, 5.74) is -37.2. The van der Waals surface area contributed by atoms with Crippen molar-refractivity contribution in [2.75, 3.05) is 0 Å². The maximum absolute atomic E-state index is 11.4. The molecule has 0 saturated heterocycles. The molecule has 1 radical (unpaired) electrons. The van der Waals surface area contributed by atoms with Crippen LogP contribution in [0.4, 0.5) is 79.0 Å². The normalized spacial score (nSPS) is 15.0. The number of rotatable bonds is 6. The summed E-state index contributed by atoms with van der Waals surface area (Å²) in [6.45, 7) is 0. The number of hydrogen-bond donors (Lipinski definition) is 0. The van der Waals surface area contributed by atoms with Gasteiger partial charge in [0.05, 0.1) is 0 Å². The molecule has 0 amide bonds. The molecule has 46 heavy (non-hydrogen) atoms. The molecule has 0 aromatic heterocycles. The van der Waals surface area contributed by atoms with Gasteiger partial charge in [0.1, 0.15) is 0 Å². The van der Waals surface area contributed by atoms with Gasteiger partial charge in [-0.1, -0.05) is 0 Å². The number of halogens is 18. The number of hydrogen-bond acceptors (Lipinski definition) is 12. The van der Waals surface area contributed by atoms with E-state index in [1.807, 2.05) is 0 Å². The second kappa shape index (κ2) is 14.8. The molecule has 0 heterocycles. The van der Waals surface area contributed by atoms with Crippen molar-refractivity contribution in [3.63, 3.8) is 0 Å². The Morgan fingerprint density at radius 1 is 0.239 bits per heavy atom. The summed E-state index contributed by atoms with van der Waals surface area (Å²) in [5.74, 6) is 0. The van der Waals surface area contributed by atoms with Gasteiger partial charge >= 0.3 is 50.1 Å². The molecule has 281 valence electrons. The summed E-state index contributed by atoms with van der Waals surface area (Å²) >= 11 is 0. The van der Waals surface area contributed by atoms with Gasteiger partial charge < -0.3 is 12.4 Å². The van der Waals surface area contributed by atoms with Gasteiger partial charge in [-0.25, -0.2) is 50.5 Å². The predicted octanol–water partition coefficient (Wildman–Crippen LogP) is 3.18. The standard InChI is InChI=1S/3C2F6NO4S2.Fe/c3*3-1(4,5)14(10,11)9-15(12,13)2(6,7)8;/q3*-1;+3. The minimum absolute atomic E-state index is 0. The minimum Gasteiger partial charge on any atom is -0.421 e. The summed E-state index contributed by atoms with van der Waals surface area (Å²) in [7, 11) is -40.3. The molecule has 0 aromatic rings. The Balaban J connectivity index is -0.000000285. The van der Waals surface area contributed by atoms with Crippen LogP contribution in [0, 0.1) is 0 Å². The van der Waals surface area contributed by atoms with Crippen LogP contribution in [0.1, 0.15) is 0 Å². The van der Waals surface area contributed by atoms with Crippen LogP contribution in [0.3, 0.4) is 0 Å². The van der Waals surface area contributed by atoms with E-state index in [0.717, 1.165) is 12.4 Å². The second-order valence-electron chi connectivity index (χ2n) is 5.75. The monoisotopic (exact) mass is 896 g/mol. The topological polar surface area (TPSA) is 247 Å². The van der Waals surface area contributed by atoms with E-state index in [1.165, 1.54) is 0 Å². The van der Waals surface area contributed by atoms with E-state index in [0.29, 0.717) is 0 Å². The van der Waals surface area contributed by atoms with Crippen molar-refractivity contribution in [3.8, 4) is 0 Å². The quantitative estimate of drug-likeness (QED) is 0.276. The minimum atomic E-state index is -6.72. The van der Waals surface area contributed by atoms with E-state index in [2.05, 4.69) is 0 Å². The Kier molecular flexibility index (Phi) is 16.6. The van der Waals surface area contributed by atoms with Crippen LogP contribution in [0.25, 0.3) is 12.4 Å².